The maximum atomic E-state index is 12.2. The molecule has 1 aliphatic carbocycles. The average molecular weight is 315 g/mol. The van der Waals surface area contributed by atoms with Crippen LogP contribution in [-0.2, 0) is 0 Å². The first-order chi connectivity index (χ1) is 10.7. The summed E-state index contributed by atoms with van der Waals surface area (Å²) in [7, 11) is 0. The summed E-state index contributed by atoms with van der Waals surface area (Å²) in [5, 5.41) is 3.62. The molecule has 0 spiro atoms. The lowest BCUT2D eigenvalue weighted by atomic mass is 9.82. The summed E-state index contributed by atoms with van der Waals surface area (Å²) in [4.78, 5) is 16.2. The monoisotopic (exact) mass is 314 g/mol. The molecule has 3 rings (SSSR count). The van der Waals surface area contributed by atoms with Gasteiger partial charge >= 0.3 is 0 Å². The molecule has 1 heterocycles. The van der Waals surface area contributed by atoms with Crippen LogP contribution in [0.15, 0.2) is 48.7 Å². The van der Waals surface area contributed by atoms with Crippen LogP contribution in [0.2, 0.25) is 5.02 Å². The highest BCUT2D eigenvalue weighted by atomic mass is 35.5. The van der Waals surface area contributed by atoms with E-state index in [0.29, 0.717) is 16.6 Å². The highest BCUT2D eigenvalue weighted by Crippen LogP contribution is 2.32. The van der Waals surface area contributed by atoms with E-state index >= 15 is 0 Å². The topological polar surface area (TPSA) is 42.0 Å². The average Bonchev–Trinajstić information content (AvgIpc) is 2.57. The van der Waals surface area contributed by atoms with Crippen molar-refractivity contribution >= 4 is 17.5 Å². The lowest BCUT2D eigenvalue weighted by molar-refractivity contribution is 0.0921. The second kappa shape index (κ2) is 6.93. The number of hydrogen-bond acceptors (Lipinski definition) is 2. The predicted molar refractivity (Wildman–Crippen MR) is 88.2 cm³/mol. The molecule has 1 aliphatic rings. The van der Waals surface area contributed by atoms with Crippen LogP contribution in [0.5, 0.6) is 0 Å². The molecule has 114 valence electrons. The van der Waals surface area contributed by atoms with Crippen molar-refractivity contribution in [2.75, 3.05) is 0 Å². The van der Waals surface area contributed by atoms with Gasteiger partial charge in [0.15, 0.2) is 0 Å². The number of nitrogens with one attached hydrogen (secondary N) is 1. The molecule has 0 saturated heterocycles. The van der Waals surface area contributed by atoms with Crippen molar-refractivity contribution in [3.05, 3.63) is 64.9 Å². The van der Waals surface area contributed by atoms with Gasteiger partial charge in [-0.05, 0) is 49.3 Å². The van der Waals surface area contributed by atoms with Gasteiger partial charge in [0, 0.05) is 12.2 Å². The summed E-state index contributed by atoms with van der Waals surface area (Å²) < 4.78 is 0. The zero-order valence-electron chi connectivity index (χ0n) is 12.3. The smallest absolute Gasteiger partial charge is 0.270 e. The number of halogens is 1. The van der Waals surface area contributed by atoms with Gasteiger partial charge < -0.3 is 5.32 Å². The standard InChI is InChI=1S/C18H19ClN2O/c19-15-8-11-17(20-12-15)18(22)21-16-9-6-14(7-10-16)13-4-2-1-3-5-13/h1-5,8,11-12,14,16H,6-7,9-10H2,(H,21,22). The molecule has 0 radical (unpaired) electrons. The molecule has 0 bridgehead atoms. The van der Waals surface area contributed by atoms with E-state index in [-0.39, 0.29) is 11.9 Å². The Morgan fingerprint density at radius 3 is 2.41 bits per heavy atom. The van der Waals surface area contributed by atoms with Gasteiger partial charge in [-0.2, -0.15) is 0 Å². The van der Waals surface area contributed by atoms with Crippen LogP contribution < -0.4 is 5.32 Å². The number of aromatic nitrogens is 1. The fraction of sp³-hybridized carbons (Fsp3) is 0.333. The molecule has 3 nitrogen and oxygen atoms in total. The molecule has 1 aromatic heterocycles. The van der Waals surface area contributed by atoms with E-state index in [1.807, 2.05) is 0 Å². The summed E-state index contributed by atoms with van der Waals surface area (Å²) in [5.74, 6) is 0.503. The molecule has 1 aromatic carbocycles. The number of rotatable bonds is 3. The van der Waals surface area contributed by atoms with Crippen LogP contribution in [0.25, 0.3) is 0 Å². The van der Waals surface area contributed by atoms with Crippen molar-refractivity contribution in [1.82, 2.24) is 10.3 Å². The highest BCUT2D eigenvalue weighted by molar-refractivity contribution is 6.30. The first-order valence-corrected chi connectivity index (χ1v) is 8.07. The summed E-state index contributed by atoms with van der Waals surface area (Å²) >= 11 is 5.79. The van der Waals surface area contributed by atoms with Gasteiger partial charge in [0.25, 0.3) is 5.91 Å². The Labute approximate surface area is 135 Å². The Bertz CT molecular complexity index is 619. The predicted octanol–water partition coefficient (Wildman–Crippen LogP) is 4.19. The zero-order chi connectivity index (χ0) is 15.4. The van der Waals surface area contributed by atoms with Gasteiger partial charge in [-0.15, -0.1) is 0 Å². The van der Waals surface area contributed by atoms with E-state index in [0.717, 1.165) is 25.7 Å². The van der Waals surface area contributed by atoms with Crippen LogP contribution in [-0.4, -0.2) is 16.9 Å². The number of carbonyl (C=O) groups excluding carboxylic acids is 1. The molecular weight excluding hydrogens is 296 g/mol. The van der Waals surface area contributed by atoms with Crippen LogP contribution in [0.1, 0.15) is 47.7 Å². The third-order valence-electron chi connectivity index (χ3n) is 4.29. The molecule has 0 atom stereocenters. The molecule has 0 aliphatic heterocycles. The van der Waals surface area contributed by atoms with Crippen LogP contribution in [0.4, 0.5) is 0 Å². The van der Waals surface area contributed by atoms with E-state index in [4.69, 9.17) is 11.6 Å². The minimum Gasteiger partial charge on any atom is -0.348 e. The molecule has 1 N–H and O–H groups in total. The molecule has 1 fully saturated rings. The number of pyridine rings is 1. The second-order valence-corrected chi connectivity index (χ2v) is 6.23. The Balaban J connectivity index is 1.53. The Kier molecular flexibility index (Phi) is 4.74. The van der Waals surface area contributed by atoms with Crippen LogP contribution >= 0.6 is 11.6 Å². The third-order valence-corrected chi connectivity index (χ3v) is 4.52. The van der Waals surface area contributed by atoms with E-state index in [1.54, 1.807) is 12.1 Å². The van der Waals surface area contributed by atoms with Gasteiger partial charge in [-0.3, -0.25) is 4.79 Å². The molecule has 0 unspecified atom stereocenters. The third kappa shape index (κ3) is 3.66. The van der Waals surface area contributed by atoms with Gasteiger partial charge in [0.05, 0.1) is 5.02 Å². The summed E-state index contributed by atoms with van der Waals surface area (Å²) in [6.07, 6.45) is 5.76. The quantitative estimate of drug-likeness (QED) is 0.923. The normalized spacial score (nSPS) is 21.3. The Hall–Kier alpha value is -1.87. The Morgan fingerprint density at radius 2 is 1.77 bits per heavy atom. The zero-order valence-corrected chi connectivity index (χ0v) is 13.1. The van der Waals surface area contributed by atoms with Crippen molar-refractivity contribution in [3.63, 3.8) is 0 Å². The summed E-state index contributed by atoms with van der Waals surface area (Å²) in [5.41, 5.74) is 1.83. The van der Waals surface area contributed by atoms with E-state index in [9.17, 15) is 4.79 Å². The fourth-order valence-electron chi connectivity index (χ4n) is 3.07. The minimum absolute atomic E-state index is 0.111. The van der Waals surface area contributed by atoms with E-state index in [2.05, 4.69) is 40.6 Å². The molecular formula is C18H19ClN2O. The van der Waals surface area contributed by atoms with Crippen LogP contribution in [0.3, 0.4) is 0 Å². The van der Waals surface area contributed by atoms with Crippen LogP contribution in [0, 0.1) is 0 Å². The summed E-state index contributed by atoms with van der Waals surface area (Å²) in [6, 6.07) is 14.2. The maximum absolute atomic E-state index is 12.2. The molecule has 4 heteroatoms. The first kappa shape index (κ1) is 15.0. The number of benzene rings is 1. The molecule has 2 aromatic rings. The van der Waals surface area contributed by atoms with Crippen molar-refractivity contribution in [2.45, 2.75) is 37.6 Å². The lowest BCUT2D eigenvalue weighted by Gasteiger charge is -2.29. The minimum atomic E-state index is -0.111. The maximum Gasteiger partial charge on any atom is 0.270 e. The molecule has 1 saturated carbocycles. The van der Waals surface area contributed by atoms with E-state index < -0.39 is 0 Å². The second-order valence-electron chi connectivity index (χ2n) is 5.79. The van der Waals surface area contributed by atoms with Gasteiger partial charge in [-0.1, -0.05) is 41.9 Å². The van der Waals surface area contributed by atoms with Gasteiger partial charge in [-0.25, -0.2) is 4.98 Å². The fourth-order valence-corrected chi connectivity index (χ4v) is 3.18. The number of nitrogens with zero attached hydrogens (tertiary/aromatic N) is 1. The van der Waals surface area contributed by atoms with Crippen molar-refractivity contribution in [1.29, 1.82) is 0 Å². The SMILES string of the molecule is O=C(NC1CCC(c2ccccc2)CC1)c1ccc(Cl)cn1. The van der Waals surface area contributed by atoms with Gasteiger partial charge in [0.2, 0.25) is 0 Å². The Morgan fingerprint density at radius 1 is 1.05 bits per heavy atom. The molecule has 22 heavy (non-hydrogen) atoms. The number of hydrogen-bond donors (Lipinski definition) is 1. The highest BCUT2D eigenvalue weighted by Gasteiger charge is 2.23. The molecule has 1 amide bonds. The lowest BCUT2D eigenvalue weighted by Crippen LogP contribution is -2.37. The van der Waals surface area contributed by atoms with Gasteiger partial charge in [0.1, 0.15) is 5.69 Å². The number of amides is 1. The number of carbonyl (C=O) groups is 1. The van der Waals surface area contributed by atoms with Crippen molar-refractivity contribution < 1.29 is 4.79 Å². The first-order valence-electron chi connectivity index (χ1n) is 7.70. The summed E-state index contributed by atoms with van der Waals surface area (Å²) in [6.45, 7) is 0. The van der Waals surface area contributed by atoms with E-state index in [1.165, 1.54) is 11.8 Å². The van der Waals surface area contributed by atoms with Crippen molar-refractivity contribution in [2.24, 2.45) is 0 Å². The largest absolute Gasteiger partial charge is 0.348 e. The van der Waals surface area contributed by atoms with Crippen molar-refractivity contribution in [3.8, 4) is 0 Å².